The predicted molar refractivity (Wildman–Crippen MR) is 255 cm³/mol. The Morgan fingerprint density at radius 1 is 0.899 bits per heavy atom. The summed E-state index contributed by atoms with van der Waals surface area (Å²) in [6.07, 6.45) is 12.0. The van der Waals surface area contributed by atoms with E-state index in [0.717, 1.165) is 51.5 Å². The zero-order valence-electron chi connectivity index (χ0n) is 38.0. The summed E-state index contributed by atoms with van der Waals surface area (Å²) in [5.74, 6) is -1.01. The number of rotatable bonds is 13. The Morgan fingerprint density at radius 3 is 2.41 bits per heavy atom. The van der Waals surface area contributed by atoms with Crippen LogP contribution in [0.3, 0.4) is 0 Å². The zero-order valence-corrected chi connectivity index (χ0v) is 38.0. The van der Waals surface area contributed by atoms with E-state index in [1.807, 2.05) is 59.6 Å². The van der Waals surface area contributed by atoms with Gasteiger partial charge in [-0.2, -0.15) is 5.10 Å². The number of imidazole rings is 1. The lowest BCUT2D eigenvalue weighted by Gasteiger charge is -2.44. The molecule has 5 aromatic rings. The van der Waals surface area contributed by atoms with Crippen LogP contribution in [0, 0.1) is 0 Å². The predicted octanol–water partition coefficient (Wildman–Crippen LogP) is 3.55. The third-order valence-corrected chi connectivity index (χ3v) is 13.8. The largest absolute Gasteiger partial charge is 0.391 e. The number of benzene rings is 2. The third-order valence-electron chi connectivity index (χ3n) is 13.8. The molecule has 10 rings (SSSR count). The van der Waals surface area contributed by atoms with Crippen molar-refractivity contribution in [3.8, 4) is 22.4 Å². The number of aromatic nitrogens is 4. The lowest BCUT2D eigenvalue weighted by atomic mass is 9.71. The number of likely N-dealkylation sites (tertiary alicyclic amines) is 2. The molecule has 18 heteroatoms. The SMILES string of the molecule is C=C1NN=C2c3cc(-c4ccccc4)c(-c4ccc(C5(NC(=O)[C@@H]6C[C@@H](O)CN6C(=O)[C@H](Cc6c[nH]cn6)NC(=O)[C@@H]6CCCN6C(=O)[C@@H](C)NC(=O)c6ccncc6)CCC5)cc4)nc3C=CN12. The lowest BCUT2D eigenvalue weighted by molar-refractivity contribution is -0.144. The van der Waals surface area contributed by atoms with E-state index in [1.165, 1.54) is 40.7 Å². The number of amidine groups is 1. The number of fused-ring (bicyclic) bond motifs is 3. The van der Waals surface area contributed by atoms with Crippen LogP contribution < -0.4 is 21.4 Å². The van der Waals surface area contributed by atoms with Crippen LogP contribution in [-0.2, 0) is 31.1 Å². The summed E-state index contributed by atoms with van der Waals surface area (Å²) in [7, 11) is 0. The van der Waals surface area contributed by atoms with Crippen LogP contribution in [-0.4, -0.2) is 118 Å². The highest BCUT2D eigenvalue weighted by Gasteiger charge is 2.47. The number of hydrogen-bond acceptors (Lipinski definition) is 12. The van der Waals surface area contributed by atoms with Gasteiger partial charge in [0.15, 0.2) is 5.84 Å². The summed E-state index contributed by atoms with van der Waals surface area (Å²) >= 11 is 0. The van der Waals surface area contributed by atoms with E-state index < -0.39 is 65.3 Å². The molecule has 352 valence electrons. The molecule has 7 heterocycles. The van der Waals surface area contributed by atoms with E-state index >= 15 is 0 Å². The smallest absolute Gasteiger partial charge is 0.252 e. The normalized spacial score (nSPS) is 20.7. The Labute approximate surface area is 398 Å². The Balaban J connectivity index is 0.856. The first-order valence-corrected chi connectivity index (χ1v) is 23.3. The number of nitrogens with zero attached hydrogens (tertiary/aromatic N) is 7. The van der Waals surface area contributed by atoms with Crippen molar-refractivity contribution < 1.29 is 29.1 Å². The minimum atomic E-state index is -1.18. The fourth-order valence-corrected chi connectivity index (χ4v) is 10.0. The second kappa shape index (κ2) is 18.6. The second-order valence-corrected chi connectivity index (χ2v) is 18.2. The van der Waals surface area contributed by atoms with Crippen molar-refractivity contribution in [2.24, 2.45) is 5.10 Å². The fraction of sp³-hybridized carbons (Fsp3) is 0.314. The molecule has 3 aromatic heterocycles. The van der Waals surface area contributed by atoms with Crippen molar-refractivity contribution >= 4 is 41.4 Å². The summed E-state index contributed by atoms with van der Waals surface area (Å²) in [6.45, 7) is 5.79. The number of β-amino-alcohol motifs (C(OH)–C–C–N with tert-alkyl or cyclic N) is 1. The number of nitrogens with one attached hydrogen (secondary N) is 5. The molecular formula is C51H52N12O6. The number of amides is 5. The van der Waals surface area contributed by atoms with E-state index in [4.69, 9.17) is 4.98 Å². The zero-order chi connectivity index (χ0) is 47.8. The molecule has 69 heavy (non-hydrogen) atoms. The summed E-state index contributed by atoms with van der Waals surface area (Å²) < 4.78 is 0. The van der Waals surface area contributed by atoms with Crippen molar-refractivity contribution in [1.82, 2.24) is 56.0 Å². The summed E-state index contributed by atoms with van der Waals surface area (Å²) in [4.78, 5) is 90.8. The van der Waals surface area contributed by atoms with Gasteiger partial charge in [0.25, 0.3) is 5.91 Å². The number of carbonyl (C=O) groups excluding carboxylic acids is 5. The first-order chi connectivity index (χ1) is 33.5. The number of aliphatic hydroxyl groups is 1. The van der Waals surface area contributed by atoms with Crippen molar-refractivity contribution in [3.05, 3.63) is 144 Å². The van der Waals surface area contributed by atoms with Crippen molar-refractivity contribution in [3.63, 3.8) is 0 Å². The molecule has 2 aromatic carbocycles. The van der Waals surface area contributed by atoms with Crippen LogP contribution in [0.4, 0.5) is 0 Å². The molecular weight excluding hydrogens is 877 g/mol. The second-order valence-electron chi connectivity index (χ2n) is 18.2. The maximum atomic E-state index is 14.7. The Hall–Kier alpha value is -7.99. The number of H-pyrrole nitrogens is 1. The molecule has 5 aliphatic rings. The molecule has 1 aliphatic carbocycles. The summed E-state index contributed by atoms with van der Waals surface area (Å²) in [6, 6.07) is 19.3. The highest BCUT2D eigenvalue weighted by Crippen LogP contribution is 2.43. The average molecular weight is 929 g/mol. The van der Waals surface area contributed by atoms with Gasteiger partial charge < -0.3 is 35.8 Å². The first-order valence-electron chi connectivity index (χ1n) is 23.3. The van der Waals surface area contributed by atoms with E-state index in [0.29, 0.717) is 42.8 Å². The molecule has 0 spiro atoms. The van der Waals surface area contributed by atoms with Gasteiger partial charge in [-0.15, -0.1) is 0 Å². The van der Waals surface area contributed by atoms with Crippen LogP contribution in [0.15, 0.2) is 121 Å². The molecule has 0 radical (unpaired) electrons. The lowest BCUT2D eigenvalue weighted by Crippen LogP contribution is -2.60. The monoisotopic (exact) mass is 928 g/mol. The van der Waals surface area contributed by atoms with Gasteiger partial charge in [-0.3, -0.25) is 39.3 Å². The Kier molecular flexibility index (Phi) is 12.1. The number of aliphatic hydroxyl groups excluding tert-OH is 1. The number of pyridine rings is 2. The number of aromatic amines is 1. The quantitative estimate of drug-likeness (QED) is 0.100. The standard InChI is InChI=1S/C51H52N12O6/c1-30(55-46(65)34-15-20-52-21-16-34)49(68)62-22-6-10-42(62)47(66)57-41(24-36-27-53-29-54-36)50(69)63-28-37(64)25-43(63)48(67)58-51(18-7-19-51)35-13-11-33(12-14-35)44-38(32-8-4-3-5-9-32)26-39-40(56-44)17-23-61-31(2)59-60-45(39)61/h3-5,8-9,11-17,20-21,23,26-27,29-30,37,41-43,59,64H,2,6-7,10,18-19,22,24-25,28H2,1H3,(H,53,54)(H,55,65)(H,57,66)(H,58,67)/t30-,37-,41+,42+,43+/m1/s1. The molecule has 6 N–H and O–H groups in total. The van der Waals surface area contributed by atoms with Crippen LogP contribution in [0.25, 0.3) is 28.5 Å². The molecule has 4 aliphatic heterocycles. The van der Waals surface area contributed by atoms with Gasteiger partial charge in [-0.25, -0.2) is 9.97 Å². The maximum Gasteiger partial charge on any atom is 0.252 e. The maximum absolute atomic E-state index is 14.7. The van der Waals surface area contributed by atoms with Gasteiger partial charge in [0.2, 0.25) is 23.6 Å². The molecule has 18 nitrogen and oxygen atoms in total. The highest BCUT2D eigenvalue weighted by atomic mass is 16.3. The van der Waals surface area contributed by atoms with E-state index in [2.05, 4.69) is 66.2 Å². The van der Waals surface area contributed by atoms with Gasteiger partial charge in [0.1, 0.15) is 30.0 Å². The minimum absolute atomic E-state index is 0.00807. The van der Waals surface area contributed by atoms with Crippen LogP contribution >= 0.6 is 0 Å². The fourth-order valence-electron chi connectivity index (χ4n) is 10.0. The molecule has 5 atom stereocenters. The molecule has 0 unspecified atom stereocenters. The number of hydrogen-bond donors (Lipinski definition) is 6. The van der Waals surface area contributed by atoms with Crippen LogP contribution in [0.1, 0.15) is 78.3 Å². The number of carbonyl (C=O) groups is 5. The highest BCUT2D eigenvalue weighted by molar-refractivity contribution is 6.07. The van der Waals surface area contributed by atoms with Gasteiger partial charge in [0.05, 0.1) is 35.1 Å². The molecule has 5 amide bonds. The summed E-state index contributed by atoms with van der Waals surface area (Å²) in [5, 5.41) is 24.4. The Bertz CT molecular complexity index is 2870. The minimum Gasteiger partial charge on any atom is -0.391 e. The van der Waals surface area contributed by atoms with Crippen LogP contribution in [0.2, 0.25) is 0 Å². The van der Waals surface area contributed by atoms with Gasteiger partial charge in [-0.05, 0) is 74.4 Å². The molecule has 3 fully saturated rings. The molecule has 0 bridgehead atoms. The van der Waals surface area contributed by atoms with Crippen LogP contribution in [0.5, 0.6) is 0 Å². The third kappa shape index (κ3) is 8.74. The number of hydrazone groups is 1. The first kappa shape index (κ1) is 44.8. The van der Waals surface area contributed by atoms with Crippen molar-refractivity contribution in [1.29, 1.82) is 0 Å². The van der Waals surface area contributed by atoms with Crippen molar-refractivity contribution in [2.45, 2.75) is 87.7 Å². The van der Waals surface area contributed by atoms with Crippen molar-refractivity contribution in [2.75, 3.05) is 13.1 Å². The van der Waals surface area contributed by atoms with E-state index in [1.54, 1.807) is 13.1 Å². The van der Waals surface area contributed by atoms with Gasteiger partial charge >= 0.3 is 0 Å². The molecule has 2 saturated heterocycles. The summed E-state index contributed by atoms with van der Waals surface area (Å²) in [5.41, 5.74) is 9.26. The van der Waals surface area contributed by atoms with Gasteiger partial charge in [0, 0.05) is 73.0 Å². The topological polar surface area (TPSA) is 230 Å². The Morgan fingerprint density at radius 2 is 1.68 bits per heavy atom. The van der Waals surface area contributed by atoms with E-state index in [9.17, 15) is 29.1 Å². The van der Waals surface area contributed by atoms with E-state index in [-0.39, 0.29) is 25.9 Å². The average Bonchev–Trinajstić information content (AvgIpc) is 4.21. The van der Waals surface area contributed by atoms with Gasteiger partial charge in [-0.1, -0.05) is 61.2 Å². The molecule has 1 saturated carbocycles.